The first kappa shape index (κ1) is 12.7. The van der Waals surface area contributed by atoms with Gasteiger partial charge in [0.2, 0.25) is 0 Å². The van der Waals surface area contributed by atoms with Gasteiger partial charge in [0.15, 0.2) is 0 Å². The molecular formula is C16H28N2. The minimum absolute atomic E-state index is 0.882. The summed E-state index contributed by atoms with van der Waals surface area (Å²) in [6.45, 7) is 6.71. The fraction of sp³-hybridized carbons (Fsp3) is 0.875. The first-order chi connectivity index (χ1) is 8.92. The molecule has 0 saturated carbocycles. The highest BCUT2D eigenvalue weighted by Gasteiger charge is 2.28. The van der Waals surface area contributed by atoms with E-state index in [9.17, 15) is 0 Å². The summed E-state index contributed by atoms with van der Waals surface area (Å²) in [5.41, 5.74) is 1.74. The van der Waals surface area contributed by atoms with Crippen molar-refractivity contribution in [3.8, 4) is 0 Å². The highest BCUT2D eigenvalue weighted by atomic mass is 15.3. The smallest absolute Gasteiger partial charge is 0.0223 e. The lowest BCUT2D eigenvalue weighted by atomic mass is 9.97. The molecule has 0 radical (unpaired) electrons. The van der Waals surface area contributed by atoms with E-state index in [1.165, 1.54) is 84.1 Å². The van der Waals surface area contributed by atoms with Crippen LogP contribution in [0.4, 0.5) is 0 Å². The Bertz CT molecular complexity index is 297. The summed E-state index contributed by atoms with van der Waals surface area (Å²) in [5, 5.41) is 0. The van der Waals surface area contributed by atoms with Crippen molar-refractivity contribution in [2.45, 2.75) is 57.4 Å². The molecule has 3 rings (SSSR count). The molecule has 2 heterocycles. The summed E-state index contributed by atoms with van der Waals surface area (Å²) in [5.74, 6) is 0. The second-order valence-corrected chi connectivity index (χ2v) is 6.34. The van der Waals surface area contributed by atoms with Crippen molar-refractivity contribution in [1.29, 1.82) is 0 Å². The van der Waals surface area contributed by atoms with Crippen LogP contribution in [0.3, 0.4) is 0 Å². The van der Waals surface area contributed by atoms with Crippen LogP contribution < -0.4 is 0 Å². The summed E-state index contributed by atoms with van der Waals surface area (Å²) in [6.07, 6.45) is 13.7. The molecule has 3 aliphatic rings. The van der Waals surface area contributed by atoms with E-state index in [-0.39, 0.29) is 0 Å². The van der Waals surface area contributed by atoms with E-state index in [0.717, 1.165) is 6.04 Å². The van der Waals surface area contributed by atoms with E-state index < -0.39 is 0 Å². The zero-order valence-electron chi connectivity index (χ0n) is 11.7. The number of fused-ring (bicyclic) bond motifs is 1. The predicted molar refractivity (Wildman–Crippen MR) is 76.8 cm³/mol. The fourth-order valence-corrected chi connectivity index (χ4v) is 3.92. The van der Waals surface area contributed by atoms with Gasteiger partial charge in [0.1, 0.15) is 0 Å². The second kappa shape index (κ2) is 6.21. The average Bonchev–Trinajstić information content (AvgIpc) is 2.76. The molecule has 2 aliphatic heterocycles. The largest absolute Gasteiger partial charge is 0.301 e. The number of hydrogen-bond acceptors (Lipinski definition) is 2. The van der Waals surface area contributed by atoms with E-state index in [0.29, 0.717) is 0 Å². The maximum absolute atomic E-state index is 2.74. The molecule has 0 aromatic heterocycles. The van der Waals surface area contributed by atoms with Crippen molar-refractivity contribution in [3.63, 3.8) is 0 Å². The molecule has 2 heteroatoms. The summed E-state index contributed by atoms with van der Waals surface area (Å²) < 4.78 is 0. The van der Waals surface area contributed by atoms with Crippen molar-refractivity contribution in [2.75, 3.05) is 32.7 Å². The molecule has 2 nitrogen and oxygen atoms in total. The average molecular weight is 248 g/mol. The Kier molecular flexibility index (Phi) is 4.37. The molecule has 0 amide bonds. The molecule has 1 atom stereocenters. The van der Waals surface area contributed by atoms with Crippen LogP contribution in [0, 0.1) is 0 Å². The number of hydrogen-bond donors (Lipinski definition) is 0. The zero-order chi connectivity index (χ0) is 12.2. The third-order valence-electron chi connectivity index (χ3n) is 5.02. The number of allylic oxidation sites excluding steroid dienone is 1. The molecule has 0 N–H and O–H groups in total. The molecular weight excluding hydrogens is 220 g/mol. The first-order valence-electron chi connectivity index (χ1n) is 8.06. The van der Waals surface area contributed by atoms with E-state index in [4.69, 9.17) is 0 Å². The van der Waals surface area contributed by atoms with Gasteiger partial charge in [-0.2, -0.15) is 0 Å². The molecule has 0 bridgehead atoms. The van der Waals surface area contributed by atoms with Gasteiger partial charge in [0.05, 0.1) is 0 Å². The van der Waals surface area contributed by atoms with Gasteiger partial charge in [0, 0.05) is 19.1 Å². The lowest BCUT2D eigenvalue weighted by Crippen LogP contribution is -2.37. The Labute approximate surface area is 112 Å². The van der Waals surface area contributed by atoms with Crippen molar-refractivity contribution >= 4 is 0 Å². The van der Waals surface area contributed by atoms with Crippen LogP contribution in [0.25, 0.3) is 0 Å². The Hall–Kier alpha value is -0.340. The SMILES string of the molecule is C1=C(CCN2CCCN3CCCC3C2)CCCC1. The number of nitrogens with zero attached hydrogens (tertiary/aromatic N) is 2. The zero-order valence-corrected chi connectivity index (χ0v) is 11.7. The summed E-state index contributed by atoms with van der Waals surface area (Å²) in [4.78, 5) is 5.48. The van der Waals surface area contributed by atoms with Gasteiger partial charge in [-0.05, 0) is 71.0 Å². The molecule has 18 heavy (non-hydrogen) atoms. The van der Waals surface area contributed by atoms with Gasteiger partial charge in [-0.25, -0.2) is 0 Å². The fourth-order valence-electron chi connectivity index (χ4n) is 3.92. The van der Waals surface area contributed by atoms with Crippen molar-refractivity contribution in [2.24, 2.45) is 0 Å². The molecule has 0 aromatic rings. The Balaban J connectivity index is 1.48. The van der Waals surface area contributed by atoms with Crippen molar-refractivity contribution < 1.29 is 0 Å². The van der Waals surface area contributed by atoms with Gasteiger partial charge in [-0.15, -0.1) is 0 Å². The second-order valence-electron chi connectivity index (χ2n) is 6.34. The van der Waals surface area contributed by atoms with Crippen molar-refractivity contribution in [3.05, 3.63) is 11.6 Å². The molecule has 2 saturated heterocycles. The lowest BCUT2D eigenvalue weighted by Gasteiger charge is -2.26. The summed E-state index contributed by atoms with van der Waals surface area (Å²) >= 11 is 0. The predicted octanol–water partition coefficient (Wildman–Crippen LogP) is 3.05. The van der Waals surface area contributed by atoms with E-state index in [1.54, 1.807) is 5.57 Å². The van der Waals surface area contributed by atoms with Crippen LogP contribution in [0.2, 0.25) is 0 Å². The first-order valence-corrected chi connectivity index (χ1v) is 8.06. The standard InChI is InChI=1S/C16H28N2/c1-2-6-15(7-3-1)9-13-17-10-5-12-18-11-4-8-16(18)14-17/h6,16H,1-5,7-14H2. The molecule has 2 fully saturated rings. The van der Waals surface area contributed by atoms with Crippen LogP contribution in [-0.4, -0.2) is 48.6 Å². The maximum Gasteiger partial charge on any atom is 0.0223 e. The molecule has 1 unspecified atom stereocenters. The van der Waals surface area contributed by atoms with Crippen LogP contribution in [0.5, 0.6) is 0 Å². The van der Waals surface area contributed by atoms with Crippen LogP contribution in [0.15, 0.2) is 11.6 Å². The van der Waals surface area contributed by atoms with Crippen LogP contribution in [0.1, 0.15) is 51.4 Å². The molecule has 1 aliphatic carbocycles. The quantitative estimate of drug-likeness (QED) is 0.708. The molecule has 0 aromatic carbocycles. The van der Waals surface area contributed by atoms with Gasteiger partial charge >= 0.3 is 0 Å². The highest BCUT2D eigenvalue weighted by Crippen LogP contribution is 2.23. The van der Waals surface area contributed by atoms with E-state index in [1.807, 2.05) is 0 Å². The normalized spacial score (nSPS) is 30.9. The van der Waals surface area contributed by atoms with Crippen LogP contribution in [-0.2, 0) is 0 Å². The minimum atomic E-state index is 0.882. The highest BCUT2D eigenvalue weighted by molar-refractivity contribution is 5.05. The molecule has 102 valence electrons. The van der Waals surface area contributed by atoms with Crippen LogP contribution >= 0.6 is 0 Å². The Morgan fingerprint density at radius 3 is 2.89 bits per heavy atom. The van der Waals surface area contributed by atoms with E-state index in [2.05, 4.69) is 15.9 Å². The summed E-state index contributed by atoms with van der Waals surface area (Å²) in [6, 6.07) is 0.882. The van der Waals surface area contributed by atoms with Gasteiger partial charge in [-0.3, -0.25) is 4.90 Å². The monoisotopic (exact) mass is 248 g/mol. The van der Waals surface area contributed by atoms with E-state index >= 15 is 0 Å². The molecule has 0 spiro atoms. The van der Waals surface area contributed by atoms with Crippen molar-refractivity contribution in [1.82, 2.24) is 9.80 Å². The maximum atomic E-state index is 2.74. The summed E-state index contributed by atoms with van der Waals surface area (Å²) in [7, 11) is 0. The third kappa shape index (κ3) is 3.16. The minimum Gasteiger partial charge on any atom is -0.301 e. The van der Waals surface area contributed by atoms with Gasteiger partial charge in [-0.1, -0.05) is 11.6 Å². The van der Waals surface area contributed by atoms with Gasteiger partial charge in [0.25, 0.3) is 0 Å². The Morgan fingerprint density at radius 1 is 1.06 bits per heavy atom. The number of rotatable bonds is 3. The lowest BCUT2D eigenvalue weighted by molar-refractivity contribution is 0.221. The van der Waals surface area contributed by atoms with Gasteiger partial charge < -0.3 is 4.90 Å². The third-order valence-corrected chi connectivity index (χ3v) is 5.02. The topological polar surface area (TPSA) is 6.48 Å². The Morgan fingerprint density at radius 2 is 2.00 bits per heavy atom.